The summed E-state index contributed by atoms with van der Waals surface area (Å²) >= 11 is 0. The second-order valence-electron chi connectivity index (χ2n) is 5.55. The maximum Gasteiger partial charge on any atom is 0.323 e. The average Bonchev–Trinajstić information content (AvgIpc) is 3.05. The first-order valence-corrected chi connectivity index (χ1v) is 9.98. The van der Waals surface area contributed by atoms with E-state index in [-0.39, 0.29) is 6.54 Å². The molecule has 1 aliphatic heterocycles. The molecule has 0 bridgehead atoms. The van der Waals surface area contributed by atoms with Gasteiger partial charge in [0.05, 0.1) is 0 Å². The number of nitrogens with zero attached hydrogens (tertiary/aromatic N) is 5. The smallest absolute Gasteiger partial charge is 0.203 e. The van der Waals surface area contributed by atoms with E-state index < -0.39 is 25.4 Å². The summed E-state index contributed by atoms with van der Waals surface area (Å²) in [5.41, 5.74) is 2.03. The third-order valence-corrected chi connectivity index (χ3v) is 7.03. The van der Waals surface area contributed by atoms with Crippen molar-refractivity contribution in [2.45, 2.75) is 18.1 Å². The van der Waals surface area contributed by atoms with Gasteiger partial charge in [-0.2, -0.15) is 17.0 Å². The molecule has 2 heterocycles. The predicted octanol–water partition coefficient (Wildman–Crippen LogP) is -0.320. The lowest BCUT2D eigenvalue weighted by Crippen LogP contribution is -2.36. The molecule has 1 aromatic heterocycles. The van der Waals surface area contributed by atoms with E-state index in [2.05, 4.69) is 10.1 Å². The Bertz CT molecular complexity index is 966. The van der Waals surface area contributed by atoms with Crippen LogP contribution in [0.5, 0.6) is 0 Å². The van der Waals surface area contributed by atoms with E-state index in [9.17, 15) is 16.8 Å². The molecule has 2 aromatic rings. The van der Waals surface area contributed by atoms with E-state index in [1.165, 1.54) is 18.4 Å². The van der Waals surface area contributed by atoms with Crippen LogP contribution in [0.3, 0.4) is 0 Å². The van der Waals surface area contributed by atoms with Gasteiger partial charge in [0.15, 0.2) is 0 Å². The summed E-state index contributed by atoms with van der Waals surface area (Å²) in [6.45, 7) is 0.516. The Balaban J connectivity index is 1.92. The molecule has 11 heteroatoms. The highest BCUT2D eigenvalue weighted by atomic mass is 32.2. The van der Waals surface area contributed by atoms with Crippen LogP contribution in [0.15, 0.2) is 35.7 Å². The first kappa shape index (κ1) is 17.0. The van der Waals surface area contributed by atoms with E-state index in [1.54, 1.807) is 0 Å². The highest BCUT2D eigenvalue weighted by molar-refractivity contribution is 7.89. The number of hydrogen-bond acceptors (Lipinski definition) is 6. The third kappa shape index (κ3) is 2.83. The standard InChI is InChI=1S/C13H17N5O4S2/c1-16(2)24(21,22)18-10-14-13(15-18)23(19,20)17-8-7-11-5-3-4-6-12(11)9-17/h3-6,10H,7-9H2,1-2H3. The van der Waals surface area contributed by atoms with Crippen LogP contribution in [-0.4, -0.2) is 60.3 Å². The monoisotopic (exact) mass is 371 g/mol. The van der Waals surface area contributed by atoms with Crippen LogP contribution in [0.25, 0.3) is 0 Å². The van der Waals surface area contributed by atoms with Gasteiger partial charge >= 0.3 is 10.2 Å². The van der Waals surface area contributed by atoms with Crippen molar-refractivity contribution in [1.82, 2.24) is 22.8 Å². The van der Waals surface area contributed by atoms with Gasteiger partial charge in [0.25, 0.3) is 15.2 Å². The average molecular weight is 371 g/mol. The zero-order valence-corrected chi connectivity index (χ0v) is 14.8. The van der Waals surface area contributed by atoms with Crippen LogP contribution >= 0.6 is 0 Å². The molecule has 3 rings (SSSR count). The Labute approximate surface area is 140 Å². The Morgan fingerprint density at radius 3 is 2.42 bits per heavy atom. The van der Waals surface area contributed by atoms with Crippen molar-refractivity contribution >= 4 is 20.2 Å². The fourth-order valence-electron chi connectivity index (χ4n) is 2.42. The van der Waals surface area contributed by atoms with Gasteiger partial charge in [0.2, 0.25) is 0 Å². The van der Waals surface area contributed by atoms with E-state index in [4.69, 9.17) is 0 Å². The molecule has 0 amide bonds. The van der Waals surface area contributed by atoms with Gasteiger partial charge < -0.3 is 0 Å². The van der Waals surface area contributed by atoms with Gasteiger partial charge in [-0.1, -0.05) is 24.3 Å². The van der Waals surface area contributed by atoms with Gasteiger partial charge in [-0.3, -0.25) is 0 Å². The van der Waals surface area contributed by atoms with E-state index in [0.29, 0.717) is 17.1 Å². The van der Waals surface area contributed by atoms with Crippen molar-refractivity contribution < 1.29 is 16.8 Å². The molecule has 0 saturated carbocycles. The van der Waals surface area contributed by atoms with Crippen molar-refractivity contribution in [2.75, 3.05) is 20.6 Å². The summed E-state index contributed by atoms with van der Waals surface area (Å²) in [5.74, 6) is 0. The van der Waals surface area contributed by atoms with Crippen LogP contribution < -0.4 is 0 Å². The lowest BCUT2D eigenvalue weighted by Gasteiger charge is -2.26. The fourth-order valence-corrected chi connectivity index (χ4v) is 4.40. The lowest BCUT2D eigenvalue weighted by atomic mass is 10.0. The SMILES string of the molecule is CN(C)S(=O)(=O)n1cnc(S(=O)(=O)N2CCc3ccccc3C2)n1. The van der Waals surface area contributed by atoms with Crippen molar-refractivity contribution in [2.24, 2.45) is 0 Å². The van der Waals surface area contributed by atoms with Crippen LogP contribution in [0.4, 0.5) is 0 Å². The molecule has 1 aromatic carbocycles. The Morgan fingerprint density at radius 1 is 1.08 bits per heavy atom. The Morgan fingerprint density at radius 2 is 1.75 bits per heavy atom. The summed E-state index contributed by atoms with van der Waals surface area (Å²) in [7, 11) is -5.21. The molecule has 0 aliphatic carbocycles. The minimum absolute atomic E-state index is 0.216. The third-order valence-electron chi connectivity index (χ3n) is 3.82. The number of aromatic nitrogens is 3. The zero-order valence-electron chi connectivity index (χ0n) is 13.2. The molecule has 0 radical (unpaired) electrons. The van der Waals surface area contributed by atoms with Crippen LogP contribution in [-0.2, 0) is 33.2 Å². The Hall–Kier alpha value is -1.82. The van der Waals surface area contributed by atoms with Crippen molar-refractivity contribution in [1.29, 1.82) is 0 Å². The molecule has 9 nitrogen and oxygen atoms in total. The van der Waals surface area contributed by atoms with Crippen LogP contribution in [0.1, 0.15) is 11.1 Å². The fraction of sp³-hybridized carbons (Fsp3) is 0.385. The summed E-state index contributed by atoms with van der Waals surface area (Å²) in [5, 5.41) is 3.13. The molecule has 24 heavy (non-hydrogen) atoms. The molecular weight excluding hydrogens is 354 g/mol. The minimum Gasteiger partial charge on any atom is -0.203 e. The van der Waals surface area contributed by atoms with Crippen molar-refractivity contribution in [3.05, 3.63) is 41.7 Å². The van der Waals surface area contributed by atoms with E-state index in [0.717, 1.165) is 21.8 Å². The molecule has 130 valence electrons. The molecule has 0 saturated heterocycles. The highest BCUT2D eigenvalue weighted by Crippen LogP contribution is 2.23. The largest absolute Gasteiger partial charge is 0.323 e. The number of sulfonamides is 1. The predicted molar refractivity (Wildman–Crippen MR) is 85.8 cm³/mol. The first-order chi connectivity index (χ1) is 11.2. The number of benzene rings is 1. The van der Waals surface area contributed by atoms with Crippen LogP contribution in [0, 0.1) is 0 Å². The molecule has 0 fully saturated rings. The molecule has 1 aliphatic rings. The first-order valence-electron chi connectivity index (χ1n) is 7.14. The second-order valence-corrected chi connectivity index (χ2v) is 9.38. The van der Waals surface area contributed by atoms with Gasteiger partial charge in [-0.05, 0) is 17.5 Å². The van der Waals surface area contributed by atoms with Gasteiger partial charge in [-0.25, -0.2) is 13.4 Å². The number of hydrogen-bond donors (Lipinski definition) is 0. The van der Waals surface area contributed by atoms with Crippen molar-refractivity contribution in [3.63, 3.8) is 0 Å². The molecule has 0 spiro atoms. The summed E-state index contributed by atoms with van der Waals surface area (Å²) in [6.07, 6.45) is 1.48. The summed E-state index contributed by atoms with van der Waals surface area (Å²) in [6, 6.07) is 7.61. The van der Waals surface area contributed by atoms with E-state index in [1.807, 2.05) is 24.3 Å². The van der Waals surface area contributed by atoms with Gasteiger partial charge in [0, 0.05) is 27.2 Å². The second kappa shape index (κ2) is 5.92. The van der Waals surface area contributed by atoms with Crippen molar-refractivity contribution in [3.8, 4) is 0 Å². The number of fused-ring (bicyclic) bond motifs is 1. The quantitative estimate of drug-likeness (QED) is 0.729. The summed E-state index contributed by atoms with van der Waals surface area (Å²) in [4.78, 5) is 3.68. The topological polar surface area (TPSA) is 105 Å². The maximum absolute atomic E-state index is 12.7. The highest BCUT2D eigenvalue weighted by Gasteiger charge is 2.32. The summed E-state index contributed by atoms with van der Waals surface area (Å²) < 4.78 is 52.1. The normalized spacial score (nSPS) is 16.3. The van der Waals surface area contributed by atoms with Gasteiger partial charge in [0.1, 0.15) is 6.33 Å². The minimum atomic E-state index is -3.96. The molecule has 0 atom stereocenters. The van der Waals surface area contributed by atoms with Gasteiger partial charge in [-0.15, -0.1) is 9.19 Å². The molecule has 0 N–H and O–H groups in total. The number of rotatable bonds is 4. The molecule has 0 unspecified atom stereocenters. The Kier molecular flexibility index (Phi) is 4.20. The lowest BCUT2D eigenvalue weighted by molar-refractivity contribution is 0.387. The van der Waals surface area contributed by atoms with E-state index >= 15 is 0 Å². The van der Waals surface area contributed by atoms with Crippen LogP contribution in [0.2, 0.25) is 0 Å². The maximum atomic E-state index is 12.7. The zero-order chi connectivity index (χ0) is 17.5. The molecular formula is C13H17N5O4S2.